The number of carbonyl (C=O) groups excluding carboxylic acids is 1. The van der Waals surface area contributed by atoms with Crippen LogP contribution in [0.25, 0.3) is 0 Å². The molecule has 1 atom stereocenters. The SMILES string of the molecule is CCCC(CCO)CNCc1ccc(C(=O)OC)cc1Br. The number of nitrogens with one attached hydrogen (secondary N) is 1. The maximum Gasteiger partial charge on any atom is 0.337 e. The van der Waals surface area contributed by atoms with E-state index < -0.39 is 0 Å². The Labute approximate surface area is 135 Å². The molecule has 0 spiro atoms. The Kier molecular flexibility index (Phi) is 8.57. The third kappa shape index (κ3) is 6.16. The largest absolute Gasteiger partial charge is 0.465 e. The summed E-state index contributed by atoms with van der Waals surface area (Å²) >= 11 is 3.49. The van der Waals surface area contributed by atoms with Crippen molar-refractivity contribution in [3.63, 3.8) is 0 Å². The Morgan fingerprint density at radius 1 is 1.43 bits per heavy atom. The molecule has 1 aromatic carbocycles. The van der Waals surface area contributed by atoms with Gasteiger partial charge in [0.15, 0.2) is 0 Å². The molecule has 0 bridgehead atoms. The minimum Gasteiger partial charge on any atom is -0.465 e. The van der Waals surface area contributed by atoms with E-state index >= 15 is 0 Å². The fourth-order valence-corrected chi connectivity index (χ4v) is 2.80. The Balaban J connectivity index is 2.53. The molecule has 4 nitrogen and oxygen atoms in total. The van der Waals surface area contributed by atoms with E-state index in [1.807, 2.05) is 6.07 Å². The number of rotatable bonds is 9. The van der Waals surface area contributed by atoms with Crippen molar-refractivity contribution in [3.05, 3.63) is 33.8 Å². The fourth-order valence-electron chi connectivity index (χ4n) is 2.29. The number of hydrogen-bond acceptors (Lipinski definition) is 4. The topological polar surface area (TPSA) is 58.6 Å². The molecule has 1 unspecified atom stereocenters. The molecule has 0 amide bonds. The van der Waals surface area contributed by atoms with Crippen molar-refractivity contribution in [2.24, 2.45) is 5.92 Å². The molecular formula is C16H24BrNO3. The number of ether oxygens (including phenoxy) is 1. The second-order valence-corrected chi connectivity index (χ2v) is 5.95. The van der Waals surface area contributed by atoms with E-state index in [2.05, 4.69) is 28.2 Å². The van der Waals surface area contributed by atoms with Crippen LogP contribution in [0, 0.1) is 5.92 Å². The summed E-state index contributed by atoms with van der Waals surface area (Å²) in [5.74, 6) is 0.175. The van der Waals surface area contributed by atoms with Crippen LogP contribution >= 0.6 is 15.9 Å². The lowest BCUT2D eigenvalue weighted by molar-refractivity contribution is 0.0600. The second kappa shape index (κ2) is 9.92. The van der Waals surface area contributed by atoms with E-state index in [1.54, 1.807) is 12.1 Å². The van der Waals surface area contributed by atoms with Gasteiger partial charge in [-0.2, -0.15) is 0 Å². The summed E-state index contributed by atoms with van der Waals surface area (Å²) in [6.45, 7) is 4.02. The highest BCUT2D eigenvalue weighted by Crippen LogP contribution is 2.19. The van der Waals surface area contributed by atoms with Gasteiger partial charge in [0, 0.05) is 17.6 Å². The Morgan fingerprint density at radius 2 is 2.19 bits per heavy atom. The van der Waals surface area contributed by atoms with Crippen LogP contribution in [0.15, 0.2) is 22.7 Å². The smallest absolute Gasteiger partial charge is 0.337 e. The van der Waals surface area contributed by atoms with Crippen molar-refractivity contribution in [3.8, 4) is 0 Å². The minimum atomic E-state index is -0.332. The van der Waals surface area contributed by atoms with Crippen molar-refractivity contribution >= 4 is 21.9 Å². The highest BCUT2D eigenvalue weighted by molar-refractivity contribution is 9.10. The first-order valence-corrected chi connectivity index (χ1v) is 8.10. The maximum absolute atomic E-state index is 11.4. The van der Waals surface area contributed by atoms with Gasteiger partial charge in [-0.3, -0.25) is 0 Å². The molecule has 0 fully saturated rings. The molecule has 0 saturated carbocycles. The van der Waals surface area contributed by atoms with Gasteiger partial charge in [-0.15, -0.1) is 0 Å². The summed E-state index contributed by atoms with van der Waals surface area (Å²) in [6, 6.07) is 5.47. The van der Waals surface area contributed by atoms with E-state index in [0.29, 0.717) is 11.5 Å². The average Bonchev–Trinajstić information content (AvgIpc) is 2.48. The molecular weight excluding hydrogens is 334 g/mol. The van der Waals surface area contributed by atoms with Crippen LogP contribution in [0.3, 0.4) is 0 Å². The van der Waals surface area contributed by atoms with Gasteiger partial charge in [0.05, 0.1) is 12.7 Å². The number of carbonyl (C=O) groups is 1. The molecule has 0 aliphatic rings. The van der Waals surface area contributed by atoms with Gasteiger partial charge in [-0.25, -0.2) is 4.79 Å². The third-order valence-corrected chi connectivity index (χ3v) is 4.20. The molecule has 0 aliphatic heterocycles. The van der Waals surface area contributed by atoms with Gasteiger partial charge < -0.3 is 15.2 Å². The minimum absolute atomic E-state index is 0.240. The highest BCUT2D eigenvalue weighted by Gasteiger charge is 2.10. The van der Waals surface area contributed by atoms with Crippen molar-refractivity contribution in [2.45, 2.75) is 32.7 Å². The van der Waals surface area contributed by atoms with Gasteiger partial charge in [0.1, 0.15) is 0 Å². The normalized spacial score (nSPS) is 12.2. The van der Waals surface area contributed by atoms with Crippen LogP contribution in [0.5, 0.6) is 0 Å². The van der Waals surface area contributed by atoms with Crippen LogP contribution in [0.2, 0.25) is 0 Å². The molecule has 0 saturated heterocycles. The lowest BCUT2D eigenvalue weighted by atomic mass is 10.00. The van der Waals surface area contributed by atoms with Crippen molar-refractivity contribution in [1.82, 2.24) is 5.32 Å². The molecule has 0 aliphatic carbocycles. The van der Waals surface area contributed by atoms with E-state index in [9.17, 15) is 4.79 Å². The molecule has 0 aromatic heterocycles. The zero-order chi connectivity index (χ0) is 15.7. The predicted octanol–water partition coefficient (Wildman–Crippen LogP) is 3.12. The number of halogens is 1. The van der Waals surface area contributed by atoms with Crippen molar-refractivity contribution in [2.75, 3.05) is 20.3 Å². The molecule has 21 heavy (non-hydrogen) atoms. The van der Waals surface area contributed by atoms with Crippen LogP contribution in [0.4, 0.5) is 0 Å². The lowest BCUT2D eigenvalue weighted by Crippen LogP contribution is -2.23. The van der Waals surface area contributed by atoms with E-state index in [1.165, 1.54) is 7.11 Å². The number of aliphatic hydroxyl groups is 1. The van der Waals surface area contributed by atoms with E-state index in [0.717, 1.165) is 42.4 Å². The predicted molar refractivity (Wildman–Crippen MR) is 87.3 cm³/mol. The number of benzene rings is 1. The van der Waals surface area contributed by atoms with E-state index in [-0.39, 0.29) is 12.6 Å². The van der Waals surface area contributed by atoms with Crippen LogP contribution in [0.1, 0.15) is 42.1 Å². The highest BCUT2D eigenvalue weighted by atomic mass is 79.9. The summed E-state index contributed by atoms with van der Waals surface area (Å²) in [4.78, 5) is 11.4. The fraction of sp³-hybridized carbons (Fsp3) is 0.562. The number of esters is 1. The van der Waals surface area contributed by atoms with Crippen LogP contribution in [-0.4, -0.2) is 31.3 Å². The van der Waals surface area contributed by atoms with Gasteiger partial charge in [-0.1, -0.05) is 35.3 Å². The zero-order valence-corrected chi connectivity index (χ0v) is 14.3. The summed E-state index contributed by atoms with van der Waals surface area (Å²) < 4.78 is 5.59. The summed E-state index contributed by atoms with van der Waals surface area (Å²) in [6.07, 6.45) is 3.09. The second-order valence-electron chi connectivity index (χ2n) is 5.10. The number of hydrogen-bond donors (Lipinski definition) is 2. The molecule has 2 N–H and O–H groups in total. The standard InChI is InChI=1S/C16H24BrNO3/c1-3-4-12(7-8-19)10-18-11-14-6-5-13(9-15(14)17)16(20)21-2/h5-6,9,12,18-19H,3-4,7-8,10-11H2,1-2H3. The van der Waals surface area contributed by atoms with Crippen molar-refractivity contribution in [1.29, 1.82) is 0 Å². The first-order valence-electron chi connectivity index (χ1n) is 7.30. The Morgan fingerprint density at radius 3 is 2.76 bits per heavy atom. The average molecular weight is 358 g/mol. The van der Waals surface area contributed by atoms with Crippen LogP contribution < -0.4 is 5.32 Å². The molecule has 1 rings (SSSR count). The third-order valence-electron chi connectivity index (χ3n) is 3.46. The Hall–Kier alpha value is -0.910. The zero-order valence-electron chi connectivity index (χ0n) is 12.7. The summed E-state index contributed by atoms with van der Waals surface area (Å²) in [5, 5.41) is 12.5. The van der Waals surface area contributed by atoms with Gasteiger partial charge >= 0.3 is 5.97 Å². The van der Waals surface area contributed by atoms with Crippen LogP contribution in [-0.2, 0) is 11.3 Å². The van der Waals surface area contributed by atoms with Crippen molar-refractivity contribution < 1.29 is 14.6 Å². The number of methoxy groups -OCH3 is 1. The molecule has 1 aromatic rings. The maximum atomic E-state index is 11.4. The monoisotopic (exact) mass is 357 g/mol. The first kappa shape index (κ1) is 18.1. The summed E-state index contributed by atoms with van der Waals surface area (Å²) in [7, 11) is 1.38. The molecule has 0 radical (unpaired) electrons. The first-order chi connectivity index (χ1) is 10.1. The molecule has 0 heterocycles. The molecule has 5 heteroatoms. The lowest BCUT2D eigenvalue weighted by Gasteiger charge is -2.16. The Bertz CT molecular complexity index is 445. The van der Waals surface area contributed by atoms with E-state index in [4.69, 9.17) is 9.84 Å². The molecule has 118 valence electrons. The number of aliphatic hydroxyl groups excluding tert-OH is 1. The quantitative estimate of drug-likeness (QED) is 0.666. The van der Waals surface area contributed by atoms with Gasteiger partial charge in [0.2, 0.25) is 0 Å². The van der Waals surface area contributed by atoms with Gasteiger partial charge in [0.25, 0.3) is 0 Å². The van der Waals surface area contributed by atoms with Gasteiger partial charge in [-0.05, 0) is 43.0 Å². The summed E-state index contributed by atoms with van der Waals surface area (Å²) in [5.41, 5.74) is 1.64.